The summed E-state index contributed by atoms with van der Waals surface area (Å²) in [5.41, 5.74) is 0.615. The lowest BCUT2D eigenvalue weighted by molar-refractivity contribution is 0.0931. The van der Waals surface area contributed by atoms with Gasteiger partial charge in [-0.25, -0.2) is 4.39 Å². The molecule has 0 aromatic heterocycles. The van der Waals surface area contributed by atoms with Crippen LogP contribution in [0.2, 0.25) is 0 Å². The fourth-order valence-corrected chi connectivity index (χ4v) is 2.15. The molecule has 1 atom stereocenters. The Morgan fingerprint density at radius 2 is 2.24 bits per heavy atom. The van der Waals surface area contributed by atoms with Crippen LogP contribution in [0.1, 0.15) is 35.7 Å². The van der Waals surface area contributed by atoms with Gasteiger partial charge in [0.25, 0.3) is 5.91 Å². The lowest BCUT2D eigenvalue weighted by Crippen LogP contribution is -2.35. The first-order valence-electron chi connectivity index (χ1n) is 5.72. The van der Waals surface area contributed by atoms with E-state index in [0.29, 0.717) is 5.56 Å². The summed E-state index contributed by atoms with van der Waals surface area (Å²) in [6.07, 6.45) is 1.68. The van der Waals surface area contributed by atoms with Crippen molar-refractivity contribution in [1.29, 1.82) is 0 Å². The van der Waals surface area contributed by atoms with Gasteiger partial charge in [-0.15, -0.1) is 0 Å². The molecule has 1 aromatic rings. The Morgan fingerprint density at radius 1 is 1.53 bits per heavy atom. The second-order valence-electron chi connectivity index (χ2n) is 3.99. The van der Waals surface area contributed by atoms with Gasteiger partial charge in [0.05, 0.1) is 5.56 Å². The molecule has 0 radical (unpaired) electrons. The minimum atomic E-state index is -0.432. The molecular weight excluding hydrogens is 285 g/mol. The molecule has 1 unspecified atom stereocenters. The SMILES string of the molecule is CCC(CCBr)NC(=O)c1cccc(C)c1F. The number of benzene rings is 1. The number of carbonyl (C=O) groups excluding carboxylic acids is 1. The fourth-order valence-electron chi connectivity index (χ4n) is 1.60. The Bertz CT molecular complexity index is 395. The quantitative estimate of drug-likeness (QED) is 0.830. The van der Waals surface area contributed by atoms with Crippen LogP contribution in [-0.2, 0) is 0 Å². The van der Waals surface area contributed by atoms with Gasteiger partial charge in [0.15, 0.2) is 0 Å². The average Bonchev–Trinajstić information content (AvgIpc) is 2.31. The molecule has 0 saturated carbocycles. The Hall–Kier alpha value is -0.900. The van der Waals surface area contributed by atoms with Crippen molar-refractivity contribution in [1.82, 2.24) is 5.32 Å². The first-order valence-corrected chi connectivity index (χ1v) is 6.84. The molecule has 2 nitrogen and oxygen atoms in total. The standard InChI is InChI=1S/C13H17BrFNO/c1-3-10(7-8-14)16-13(17)11-6-4-5-9(2)12(11)15/h4-6,10H,3,7-8H2,1-2H3,(H,16,17). The maximum absolute atomic E-state index is 13.7. The van der Waals surface area contributed by atoms with Crippen LogP contribution in [0.5, 0.6) is 0 Å². The van der Waals surface area contributed by atoms with E-state index in [1.807, 2.05) is 6.92 Å². The van der Waals surface area contributed by atoms with E-state index in [9.17, 15) is 9.18 Å². The lowest BCUT2D eigenvalue weighted by Gasteiger charge is -2.16. The summed E-state index contributed by atoms with van der Waals surface area (Å²) in [4.78, 5) is 11.9. The van der Waals surface area contributed by atoms with Gasteiger partial charge in [-0.05, 0) is 31.4 Å². The summed E-state index contributed by atoms with van der Waals surface area (Å²) in [5.74, 6) is -0.766. The maximum atomic E-state index is 13.7. The van der Waals surface area contributed by atoms with Crippen LogP contribution in [0.15, 0.2) is 18.2 Å². The predicted molar refractivity (Wildman–Crippen MR) is 71.1 cm³/mol. The molecule has 4 heteroatoms. The molecule has 0 aliphatic carbocycles. The summed E-state index contributed by atoms with van der Waals surface area (Å²) in [6, 6.07) is 4.95. The van der Waals surface area contributed by atoms with Crippen molar-refractivity contribution in [3.63, 3.8) is 0 Å². The molecule has 94 valence electrons. The number of rotatable bonds is 5. The van der Waals surface area contributed by atoms with Crippen molar-refractivity contribution < 1.29 is 9.18 Å². The summed E-state index contributed by atoms with van der Waals surface area (Å²) < 4.78 is 13.7. The van der Waals surface area contributed by atoms with Gasteiger partial charge < -0.3 is 5.32 Å². The Balaban J connectivity index is 2.79. The minimum Gasteiger partial charge on any atom is -0.349 e. The third-order valence-electron chi connectivity index (χ3n) is 2.72. The number of nitrogens with one attached hydrogen (secondary N) is 1. The lowest BCUT2D eigenvalue weighted by atomic mass is 10.1. The predicted octanol–water partition coefficient (Wildman–Crippen LogP) is 3.43. The molecule has 1 rings (SSSR count). The highest BCUT2D eigenvalue weighted by Gasteiger charge is 2.16. The van der Waals surface area contributed by atoms with E-state index in [0.717, 1.165) is 18.2 Å². The van der Waals surface area contributed by atoms with E-state index >= 15 is 0 Å². The first kappa shape index (κ1) is 14.2. The number of hydrogen-bond donors (Lipinski definition) is 1. The van der Waals surface area contributed by atoms with Crippen molar-refractivity contribution in [2.75, 3.05) is 5.33 Å². The summed E-state index contributed by atoms with van der Waals surface area (Å²) in [5, 5.41) is 3.66. The number of hydrogen-bond acceptors (Lipinski definition) is 1. The molecule has 17 heavy (non-hydrogen) atoms. The number of alkyl halides is 1. The van der Waals surface area contributed by atoms with Gasteiger partial charge in [-0.1, -0.05) is 35.0 Å². The van der Waals surface area contributed by atoms with Gasteiger partial charge in [0, 0.05) is 11.4 Å². The monoisotopic (exact) mass is 301 g/mol. The van der Waals surface area contributed by atoms with Crippen molar-refractivity contribution in [3.05, 3.63) is 35.1 Å². The number of amides is 1. The van der Waals surface area contributed by atoms with Crippen molar-refractivity contribution in [3.8, 4) is 0 Å². The topological polar surface area (TPSA) is 29.1 Å². The molecule has 0 heterocycles. The zero-order chi connectivity index (χ0) is 12.8. The van der Waals surface area contributed by atoms with E-state index in [4.69, 9.17) is 0 Å². The molecule has 0 aliphatic heterocycles. The van der Waals surface area contributed by atoms with Gasteiger partial charge in [-0.3, -0.25) is 4.79 Å². The fraction of sp³-hybridized carbons (Fsp3) is 0.462. The Morgan fingerprint density at radius 3 is 2.82 bits per heavy atom. The second-order valence-corrected chi connectivity index (χ2v) is 4.79. The second kappa shape index (κ2) is 6.74. The van der Waals surface area contributed by atoms with Crippen LogP contribution in [-0.4, -0.2) is 17.3 Å². The third kappa shape index (κ3) is 3.80. The summed E-state index contributed by atoms with van der Waals surface area (Å²) in [7, 11) is 0. The zero-order valence-corrected chi connectivity index (χ0v) is 11.7. The van der Waals surface area contributed by atoms with Gasteiger partial charge in [0.2, 0.25) is 0 Å². The number of halogens is 2. The van der Waals surface area contributed by atoms with Crippen molar-refractivity contribution in [2.24, 2.45) is 0 Å². The molecule has 1 amide bonds. The smallest absolute Gasteiger partial charge is 0.254 e. The Labute approximate surface area is 110 Å². The molecule has 0 fully saturated rings. The van der Waals surface area contributed by atoms with Crippen LogP contribution in [0.4, 0.5) is 4.39 Å². The molecule has 1 N–H and O–H groups in total. The molecule has 0 bridgehead atoms. The van der Waals surface area contributed by atoms with Crippen molar-refractivity contribution in [2.45, 2.75) is 32.7 Å². The average molecular weight is 302 g/mol. The normalized spacial score (nSPS) is 12.2. The molecule has 0 spiro atoms. The molecule has 0 aliphatic rings. The molecule has 0 saturated heterocycles. The van der Waals surface area contributed by atoms with Crippen molar-refractivity contribution >= 4 is 21.8 Å². The summed E-state index contributed by atoms with van der Waals surface area (Å²) in [6.45, 7) is 3.65. The van der Waals surface area contributed by atoms with Crippen LogP contribution < -0.4 is 5.32 Å². The highest BCUT2D eigenvalue weighted by atomic mass is 79.9. The van der Waals surface area contributed by atoms with Gasteiger partial charge >= 0.3 is 0 Å². The van der Waals surface area contributed by atoms with Gasteiger partial charge in [-0.2, -0.15) is 0 Å². The van der Waals surface area contributed by atoms with E-state index in [2.05, 4.69) is 21.2 Å². The Kier molecular flexibility index (Phi) is 5.62. The summed E-state index contributed by atoms with van der Waals surface area (Å²) >= 11 is 3.34. The van der Waals surface area contributed by atoms with Crippen LogP contribution >= 0.6 is 15.9 Å². The highest BCUT2D eigenvalue weighted by molar-refractivity contribution is 9.09. The number of aryl methyl sites for hydroxylation is 1. The van der Waals surface area contributed by atoms with E-state index in [1.165, 1.54) is 6.07 Å². The maximum Gasteiger partial charge on any atom is 0.254 e. The van der Waals surface area contributed by atoms with E-state index in [-0.39, 0.29) is 17.5 Å². The van der Waals surface area contributed by atoms with Crippen LogP contribution in [0, 0.1) is 12.7 Å². The molecular formula is C13H17BrFNO. The minimum absolute atomic E-state index is 0.0850. The van der Waals surface area contributed by atoms with E-state index in [1.54, 1.807) is 19.1 Å². The number of carbonyl (C=O) groups is 1. The molecule has 1 aromatic carbocycles. The highest BCUT2D eigenvalue weighted by Crippen LogP contribution is 2.12. The van der Waals surface area contributed by atoms with Crippen LogP contribution in [0.3, 0.4) is 0 Å². The third-order valence-corrected chi connectivity index (χ3v) is 3.18. The first-order chi connectivity index (χ1) is 8.10. The van der Waals surface area contributed by atoms with E-state index < -0.39 is 5.82 Å². The zero-order valence-electron chi connectivity index (χ0n) is 10.1. The largest absolute Gasteiger partial charge is 0.349 e. The van der Waals surface area contributed by atoms with Crippen LogP contribution in [0.25, 0.3) is 0 Å². The van der Waals surface area contributed by atoms with Gasteiger partial charge in [0.1, 0.15) is 5.82 Å².